The first-order valence-electron chi connectivity index (χ1n) is 9.17. The second-order valence-corrected chi connectivity index (χ2v) is 6.26. The second kappa shape index (κ2) is 8.08. The molecule has 4 aromatic rings. The van der Waals surface area contributed by atoms with Crippen LogP contribution in [0.4, 0.5) is 5.69 Å². The molecule has 0 fully saturated rings. The SMILES string of the molecule is CCOC(=O)c1oc2ccccc2c1NC(=O)COC(=O)c1n[nH]c2ccccc12. The molecule has 9 nitrogen and oxygen atoms in total. The molecular formula is C21H17N3O6. The number of furan rings is 1. The van der Waals surface area contributed by atoms with Crippen LogP contribution in [0.15, 0.2) is 52.9 Å². The molecule has 0 unspecified atom stereocenters. The summed E-state index contributed by atoms with van der Waals surface area (Å²) in [4.78, 5) is 36.9. The summed E-state index contributed by atoms with van der Waals surface area (Å²) in [5.41, 5.74) is 1.34. The van der Waals surface area contributed by atoms with Crippen LogP contribution in [0.25, 0.3) is 21.9 Å². The first-order valence-corrected chi connectivity index (χ1v) is 9.17. The Balaban J connectivity index is 1.50. The fraction of sp³-hybridized carbons (Fsp3) is 0.143. The van der Waals surface area contributed by atoms with Crippen LogP contribution in [0, 0.1) is 0 Å². The maximum atomic E-state index is 12.4. The molecule has 0 aliphatic rings. The summed E-state index contributed by atoms with van der Waals surface area (Å²) in [6, 6.07) is 13.9. The molecule has 0 aliphatic heterocycles. The Morgan fingerprint density at radius 1 is 1.00 bits per heavy atom. The number of ether oxygens (including phenoxy) is 2. The van der Waals surface area contributed by atoms with Crippen LogP contribution in [0.1, 0.15) is 28.0 Å². The number of amides is 1. The van der Waals surface area contributed by atoms with Crippen molar-refractivity contribution in [2.24, 2.45) is 0 Å². The molecule has 2 aromatic carbocycles. The Morgan fingerprint density at radius 2 is 1.73 bits per heavy atom. The zero-order valence-corrected chi connectivity index (χ0v) is 15.9. The first kappa shape index (κ1) is 19.2. The van der Waals surface area contributed by atoms with Gasteiger partial charge in [0.1, 0.15) is 11.3 Å². The van der Waals surface area contributed by atoms with E-state index >= 15 is 0 Å². The molecule has 2 heterocycles. The van der Waals surface area contributed by atoms with Gasteiger partial charge in [0, 0.05) is 10.8 Å². The molecule has 1 amide bonds. The van der Waals surface area contributed by atoms with E-state index in [0.717, 1.165) is 0 Å². The number of aromatic amines is 1. The van der Waals surface area contributed by atoms with Gasteiger partial charge in [0.25, 0.3) is 5.91 Å². The number of nitrogens with one attached hydrogen (secondary N) is 2. The lowest BCUT2D eigenvalue weighted by Gasteiger charge is -2.06. The number of H-pyrrole nitrogens is 1. The van der Waals surface area contributed by atoms with Crippen LogP contribution >= 0.6 is 0 Å². The Morgan fingerprint density at radius 3 is 2.53 bits per heavy atom. The van der Waals surface area contributed by atoms with Gasteiger partial charge in [0.2, 0.25) is 5.76 Å². The number of rotatable bonds is 6. The van der Waals surface area contributed by atoms with E-state index in [9.17, 15) is 14.4 Å². The molecule has 0 saturated carbocycles. The summed E-state index contributed by atoms with van der Waals surface area (Å²) in [6.07, 6.45) is 0. The second-order valence-electron chi connectivity index (χ2n) is 6.26. The van der Waals surface area contributed by atoms with Crippen molar-refractivity contribution in [3.8, 4) is 0 Å². The minimum Gasteiger partial charge on any atom is -0.460 e. The normalized spacial score (nSPS) is 10.8. The molecule has 4 rings (SSSR count). The zero-order valence-electron chi connectivity index (χ0n) is 15.9. The van der Waals surface area contributed by atoms with Gasteiger partial charge in [-0.3, -0.25) is 9.89 Å². The molecule has 9 heteroatoms. The van der Waals surface area contributed by atoms with Crippen LogP contribution in [-0.2, 0) is 14.3 Å². The quantitative estimate of drug-likeness (QED) is 0.470. The summed E-state index contributed by atoms with van der Waals surface area (Å²) < 4.78 is 15.6. The highest BCUT2D eigenvalue weighted by molar-refractivity contribution is 6.10. The van der Waals surface area contributed by atoms with Gasteiger partial charge >= 0.3 is 11.9 Å². The predicted octanol–water partition coefficient (Wildman–Crippen LogP) is 3.28. The molecular weight excluding hydrogens is 390 g/mol. The standard InChI is InChI=1S/C21H17N3O6/c1-2-28-21(27)19-17(13-8-4-6-10-15(13)30-19)22-16(25)11-29-20(26)18-12-7-3-5-9-14(12)23-24-18/h3-10H,2,11H2,1H3,(H,22,25)(H,23,24). The van der Waals surface area contributed by atoms with Gasteiger partial charge in [-0.15, -0.1) is 0 Å². The number of hydrogen-bond acceptors (Lipinski definition) is 7. The highest BCUT2D eigenvalue weighted by Gasteiger charge is 2.24. The molecule has 0 aliphatic carbocycles. The van der Waals surface area contributed by atoms with E-state index in [1.165, 1.54) is 0 Å². The fourth-order valence-corrected chi connectivity index (χ4v) is 3.00. The van der Waals surface area contributed by atoms with Crippen molar-refractivity contribution in [1.29, 1.82) is 0 Å². The maximum absolute atomic E-state index is 12.4. The van der Waals surface area contributed by atoms with Gasteiger partial charge in [-0.2, -0.15) is 5.10 Å². The number of fused-ring (bicyclic) bond motifs is 2. The largest absolute Gasteiger partial charge is 0.460 e. The summed E-state index contributed by atoms with van der Waals surface area (Å²) in [7, 11) is 0. The monoisotopic (exact) mass is 407 g/mol. The number of esters is 2. The topological polar surface area (TPSA) is 124 Å². The molecule has 30 heavy (non-hydrogen) atoms. The third-order valence-electron chi connectivity index (χ3n) is 4.32. The molecule has 0 bridgehead atoms. The number of carbonyl (C=O) groups is 3. The van der Waals surface area contributed by atoms with Crippen molar-refractivity contribution in [3.05, 3.63) is 60.0 Å². The van der Waals surface area contributed by atoms with Crippen molar-refractivity contribution >= 4 is 45.4 Å². The van der Waals surface area contributed by atoms with Crippen LogP contribution in [0.2, 0.25) is 0 Å². The van der Waals surface area contributed by atoms with E-state index in [0.29, 0.717) is 21.9 Å². The maximum Gasteiger partial charge on any atom is 0.376 e. The van der Waals surface area contributed by atoms with Crippen LogP contribution < -0.4 is 5.32 Å². The molecule has 0 atom stereocenters. The summed E-state index contributed by atoms with van der Waals surface area (Å²) in [5, 5.41) is 10.4. The van der Waals surface area contributed by atoms with Crippen LogP contribution in [-0.4, -0.2) is 41.3 Å². The molecule has 2 aromatic heterocycles. The summed E-state index contributed by atoms with van der Waals surface area (Å²) in [6.45, 7) is 1.25. The smallest absolute Gasteiger partial charge is 0.376 e. The van der Waals surface area contributed by atoms with Gasteiger partial charge in [0.15, 0.2) is 12.3 Å². The minimum absolute atomic E-state index is 0.0828. The zero-order chi connectivity index (χ0) is 21.1. The molecule has 2 N–H and O–H groups in total. The molecule has 0 saturated heterocycles. The highest BCUT2D eigenvalue weighted by atomic mass is 16.5. The van der Waals surface area contributed by atoms with Crippen molar-refractivity contribution in [2.45, 2.75) is 6.92 Å². The van der Waals surface area contributed by atoms with Gasteiger partial charge in [0.05, 0.1) is 12.1 Å². The third-order valence-corrected chi connectivity index (χ3v) is 4.32. The number of aromatic nitrogens is 2. The summed E-state index contributed by atoms with van der Waals surface area (Å²) in [5.74, 6) is -2.22. The Bertz CT molecular complexity index is 1260. The van der Waals surface area contributed by atoms with E-state index in [4.69, 9.17) is 13.9 Å². The number of hydrogen-bond donors (Lipinski definition) is 2. The predicted molar refractivity (Wildman–Crippen MR) is 107 cm³/mol. The number of benzene rings is 2. The van der Waals surface area contributed by atoms with Crippen molar-refractivity contribution < 1.29 is 28.3 Å². The first-order chi connectivity index (χ1) is 14.6. The lowest BCUT2D eigenvalue weighted by Crippen LogP contribution is -2.22. The van der Waals surface area contributed by atoms with E-state index in [1.807, 2.05) is 0 Å². The lowest BCUT2D eigenvalue weighted by molar-refractivity contribution is -0.119. The number of anilines is 1. The number of para-hydroxylation sites is 2. The van der Waals surface area contributed by atoms with Crippen LogP contribution in [0.3, 0.4) is 0 Å². The highest BCUT2D eigenvalue weighted by Crippen LogP contribution is 2.31. The average Bonchev–Trinajstić information content (AvgIpc) is 3.34. The third kappa shape index (κ3) is 3.60. The number of nitrogens with zero attached hydrogens (tertiary/aromatic N) is 1. The van der Waals surface area contributed by atoms with Crippen molar-refractivity contribution in [1.82, 2.24) is 10.2 Å². The average molecular weight is 407 g/mol. The molecule has 0 radical (unpaired) electrons. The van der Waals surface area contributed by atoms with Gasteiger partial charge in [-0.25, -0.2) is 9.59 Å². The van der Waals surface area contributed by atoms with E-state index < -0.39 is 24.5 Å². The van der Waals surface area contributed by atoms with E-state index in [1.54, 1.807) is 55.5 Å². The van der Waals surface area contributed by atoms with Crippen molar-refractivity contribution in [3.63, 3.8) is 0 Å². The minimum atomic E-state index is -0.745. The van der Waals surface area contributed by atoms with E-state index in [2.05, 4.69) is 15.5 Å². The Labute approximate surface area is 169 Å². The van der Waals surface area contributed by atoms with Crippen LogP contribution in [0.5, 0.6) is 0 Å². The fourth-order valence-electron chi connectivity index (χ4n) is 3.00. The van der Waals surface area contributed by atoms with Gasteiger partial charge in [-0.05, 0) is 25.1 Å². The molecule has 0 spiro atoms. The van der Waals surface area contributed by atoms with Gasteiger partial charge in [-0.1, -0.05) is 30.3 Å². The van der Waals surface area contributed by atoms with Gasteiger partial charge < -0.3 is 19.2 Å². The Kier molecular flexibility index (Phi) is 5.17. The molecule has 152 valence electrons. The van der Waals surface area contributed by atoms with E-state index in [-0.39, 0.29) is 23.7 Å². The number of carbonyl (C=O) groups excluding carboxylic acids is 3. The Hall–Kier alpha value is -4.14. The van der Waals surface area contributed by atoms with Crippen molar-refractivity contribution in [2.75, 3.05) is 18.5 Å². The lowest BCUT2D eigenvalue weighted by atomic mass is 10.2. The summed E-state index contributed by atoms with van der Waals surface area (Å²) >= 11 is 0.